The zero-order valence-corrected chi connectivity index (χ0v) is 10.0. The molecule has 0 unspecified atom stereocenters. The molecule has 0 atom stereocenters. The van der Waals surface area contributed by atoms with Crippen LogP contribution in [0.5, 0.6) is 0 Å². The monoisotopic (exact) mass is 214 g/mol. The molecule has 0 spiro atoms. The summed E-state index contributed by atoms with van der Waals surface area (Å²) in [7, 11) is 3.46. The van der Waals surface area contributed by atoms with E-state index in [1.54, 1.807) is 11.9 Å². The molecule has 0 bridgehead atoms. The normalized spacial score (nSPS) is 9.80. The van der Waals surface area contributed by atoms with Gasteiger partial charge in [-0.25, -0.2) is 0 Å². The highest BCUT2D eigenvalue weighted by Gasteiger charge is 2.06. The van der Waals surface area contributed by atoms with E-state index in [0.717, 1.165) is 25.8 Å². The summed E-state index contributed by atoms with van der Waals surface area (Å²) in [5.74, 6) is 0.259. The molecule has 0 aromatic heterocycles. The molecule has 0 aliphatic rings. The zero-order chi connectivity index (χ0) is 11.7. The number of carbonyl (C=O) groups is 2. The van der Waals surface area contributed by atoms with Crippen LogP contribution in [0.3, 0.4) is 0 Å². The van der Waals surface area contributed by atoms with Gasteiger partial charge in [-0.15, -0.1) is 0 Å². The van der Waals surface area contributed by atoms with E-state index in [2.05, 4.69) is 5.32 Å². The summed E-state index contributed by atoms with van der Waals surface area (Å²) in [5, 5.41) is 2.58. The van der Waals surface area contributed by atoms with Crippen molar-refractivity contribution < 1.29 is 9.59 Å². The van der Waals surface area contributed by atoms with Gasteiger partial charge < -0.3 is 10.2 Å². The van der Waals surface area contributed by atoms with E-state index < -0.39 is 0 Å². The fourth-order valence-electron chi connectivity index (χ4n) is 1.29. The van der Waals surface area contributed by atoms with E-state index in [1.807, 2.05) is 14.0 Å². The fourth-order valence-corrected chi connectivity index (χ4v) is 1.29. The molecule has 0 heterocycles. The summed E-state index contributed by atoms with van der Waals surface area (Å²) in [6.45, 7) is 2.74. The maximum atomic E-state index is 11.4. The lowest BCUT2D eigenvalue weighted by Gasteiger charge is -2.16. The summed E-state index contributed by atoms with van der Waals surface area (Å²) in [5.41, 5.74) is 0. The average Bonchev–Trinajstić information content (AvgIpc) is 2.23. The Balaban J connectivity index is 3.50. The van der Waals surface area contributed by atoms with Crippen LogP contribution in [0, 0.1) is 0 Å². The van der Waals surface area contributed by atoms with Gasteiger partial charge >= 0.3 is 0 Å². The van der Waals surface area contributed by atoms with Gasteiger partial charge in [-0.05, 0) is 19.3 Å². The van der Waals surface area contributed by atoms with E-state index in [9.17, 15) is 9.59 Å². The summed E-state index contributed by atoms with van der Waals surface area (Å²) in [6.07, 6.45) is 3.78. The van der Waals surface area contributed by atoms with Crippen molar-refractivity contribution in [2.45, 2.75) is 39.0 Å². The SMILES string of the molecule is CCCC(=O)N(C)CCCCC(=O)NC. The highest BCUT2D eigenvalue weighted by Crippen LogP contribution is 2.00. The minimum atomic E-state index is 0.0672. The predicted molar refractivity (Wildman–Crippen MR) is 60.5 cm³/mol. The average molecular weight is 214 g/mol. The lowest BCUT2D eigenvalue weighted by molar-refractivity contribution is -0.129. The Morgan fingerprint density at radius 2 is 1.87 bits per heavy atom. The summed E-state index contributed by atoms with van der Waals surface area (Å²) in [4.78, 5) is 24.0. The highest BCUT2D eigenvalue weighted by molar-refractivity contribution is 5.76. The molecule has 88 valence electrons. The van der Waals surface area contributed by atoms with Crippen molar-refractivity contribution in [2.75, 3.05) is 20.6 Å². The van der Waals surface area contributed by atoms with Gasteiger partial charge in [0.1, 0.15) is 0 Å². The van der Waals surface area contributed by atoms with Gasteiger partial charge in [0.05, 0.1) is 0 Å². The Kier molecular flexibility index (Phi) is 7.68. The smallest absolute Gasteiger partial charge is 0.222 e. The second kappa shape index (κ2) is 8.26. The molecule has 0 radical (unpaired) electrons. The third-order valence-electron chi connectivity index (χ3n) is 2.32. The van der Waals surface area contributed by atoms with Crippen LogP contribution in [-0.4, -0.2) is 37.4 Å². The molecule has 15 heavy (non-hydrogen) atoms. The van der Waals surface area contributed by atoms with Crippen LogP contribution in [0.2, 0.25) is 0 Å². The summed E-state index contributed by atoms with van der Waals surface area (Å²) >= 11 is 0. The number of hydrogen-bond acceptors (Lipinski definition) is 2. The lowest BCUT2D eigenvalue weighted by Crippen LogP contribution is -2.27. The zero-order valence-electron chi connectivity index (χ0n) is 10.0. The number of nitrogens with one attached hydrogen (secondary N) is 1. The molecule has 4 nitrogen and oxygen atoms in total. The van der Waals surface area contributed by atoms with Gasteiger partial charge in [0.25, 0.3) is 0 Å². The van der Waals surface area contributed by atoms with Crippen molar-refractivity contribution in [3.05, 3.63) is 0 Å². The van der Waals surface area contributed by atoms with Crippen LogP contribution >= 0.6 is 0 Å². The highest BCUT2D eigenvalue weighted by atomic mass is 16.2. The van der Waals surface area contributed by atoms with Crippen LogP contribution in [0.25, 0.3) is 0 Å². The Labute approximate surface area is 92.0 Å². The second-order valence-corrected chi connectivity index (χ2v) is 3.70. The molecule has 0 aliphatic heterocycles. The van der Waals surface area contributed by atoms with E-state index in [0.29, 0.717) is 12.8 Å². The summed E-state index contributed by atoms with van der Waals surface area (Å²) < 4.78 is 0. The second-order valence-electron chi connectivity index (χ2n) is 3.70. The molecule has 2 amide bonds. The molecular formula is C11H22N2O2. The molecular weight excluding hydrogens is 192 g/mol. The van der Waals surface area contributed by atoms with Crippen molar-refractivity contribution in [1.82, 2.24) is 10.2 Å². The molecule has 0 aliphatic carbocycles. The first-order chi connectivity index (χ1) is 7.11. The van der Waals surface area contributed by atoms with Crippen molar-refractivity contribution in [3.63, 3.8) is 0 Å². The first kappa shape index (κ1) is 13.9. The molecule has 0 rings (SSSR count). The minimum Gasteiger partial charge on any atom is -0.359 e. The van der Waals surface area contributed by atoms with Crippen molar-refractivity contribution in [3.8, 4) is 0 Å². The Morgan fingerprint density at radius 3 is 2.40 bits per heavy atom. The van der Waals surface area contributed by atoms with E-state index in [-0.39, 0.29) is 11.8 Å². The van der Waals surface area contributed by atoms with Crippen LogP contribution in [-0.2, 0) is 9.59 Å². The third kappa shape index (κ3) is 6.94. The number of hydrogen-bond donors (Lipinski definition) is 1. The van der Waals surface area contributed by atoms with Gasteiger partial charge in [0, 0.05) is 33.5 Å². The number of nitrogens with zero attached hydrogens (tertiary/aromatic N) is 1. The topological polar surface area (TPSA) is 49.4 Å². The third-order valence-corrected chi connectivity index (χ3v) is 2.32. The van der Waals surface area contributed by atoms with Gasteiger partial charge in [0.15, 0.2) is 0 Å². The van der Waals surface area contributed by atoms with Gasteiger partial charge in [0.2, 0.25) is 11.8 Å². The van der Waals surface area contributed by atoms with Crippen molar-refractivity contribution in [2.24, 2.45) is 0 Å². The van der Waals surface area contributed by atoms with Crippen LogP contribution in [0.15, 0.2) is 0 Å². The van der Waals surface area contributed by atoms with Crippen molar-refractivity contribution >= 4 is 11.8 Å². The van der Waals surface area contributed by atoms with Gasteiger partial charge in [-0.2, -0.15) is 0 Å². The first-order valence-corrected chi connectivity index (χ1v) is 5.56. The Morgan fingerprint density at radius 1 is 1.20 bits per heavy atom. The van der Waals surface area contributed by atoms with E-state index in [4.69, 9.17) is 0 Å². The molecule has 0 saturated carbocycles. The molecule has 0 aromatic carbocycles. The molecule has 4 heteroatoms. The summed E-state index contributed by atoms with van der Waals surface area (Å²) in [6, 6.07) is 0. The van der Waals surface area contributed by atoms with Gasteiger partial charge in [-0.1, -0.05) is 6.92 Å². The molecule has 0 aromatic rings. The largest absolute Gasteiger partial charge is 0.359 e. The lowest BCUT2D eigenvalue weighted by atomic mass is 10.2. The standard InChI is InChI=1S/C11H22N2O2/c1-4-7-11(15)13(3)9-6-5-8-10(14)12-2/h4-9H2,1-3H3,(H,12,14). The van der Waals surface area contributed by atoms with E-state index in [1.165, 1.54) is 0 Å². The molecule has 0 saturated heterocycles. The first-order valence-electron chi connectivity index (χ1n) is 5.56. The Hall–Kier alpha value is -1.06. The number of amides is 2. The fraction of sp³-hybridized carbons (Fsp3) is 0.818. The molecule has 0 fully saturated rings. The van der Waals surface area contributed by atoms with Crippen LogP contribution < -0.4 is 5.32 Å². The quantitative estimate of drug-likeness (QED) is 0.647. The van der Waals surface area contributed by atoms with Crippen LogP contribution in [0.1, 0.15) is 39.0 Å². The minimum absolute atomic E-state index is 0.0672. The number of rotatable bonds is 7. The molecule has 1 N–H and O–H groups in total. The maximum Gasteiger partial charge on any atom is 0.222 e. The number of unbranched alkanes of at least 4 members (excludes halogenated alkanes) is 1. The van der Waals surface area contributed by atoms with Crippen molar-refractivity contribution in [1.29, 1.82) is 0 Å². The van der Waals surface area contributed by atoms with Crippen LogP contribution in [0.4, 0.5) is 0 Å². The van der Waals surface area contributed by atoms with Gasteiger partial charge in [-0.3, -0.25) is 9.59 Å². The maximum absolute atomic E-state index is 11.4. The van der Waals surface area contributed by atoms with E-state index >= 15 is 0 Å². The Bertz CT molecular complexity index is 205. The predicted octanol–water partition coefficient (Wildman–Crippen LogP) is 1.16. The number of carbonyl (C=O) groups excluding carboxylic acids is 2.